The van der Waals surface area contributed by atoms with E-state index in [-0.39, 0.29) is 26.1 Å². The molecule has 4 nitrogen and oxygen atoms in total. The minimum Gasteiger partial charge on any atom is -0.466 e. The molecule has 2 atom stereocenters. The third kappa shape index (κ3) is 3.80. The van der Waals surface area contributed by atoms with Crippen molar-refractivity contribution in [2.45, 2.75) is 60.6 Å². The Morgan fingerprint density at radius 3 is 1.61 bits per heavy atom. The van der Waals surface area contributed by atoms with E-state index < -0.39 is 34.9 Å². The molecule has 7 heteroatoms. The maximum Gasteiger partial charge on any atom is 0.392 e. The maximum atomic E-state index is 13.4. The molecule has 0 bridgehead atoms. The number of hydrogen-bond donors (Lipinski definition) is 0. The van der Waals surface area contributed by atoms with E-state index in [9.17, 15) is 22.8 Å². The smallest absolute Gasteiger partial charge is 0.392 e. The van der Waals surface area contributed by atoms with Crippen molar-refractivity contribution in [3.8, 4) is 0 Å². The van der Waals surface area contributed by atoms with Gasteiger partial charge in [-0.05, 0) is 33.6 Å². The molecular weight excluding hydrogens is 313 g/mol. The largest absolute Gasteiger partial charge is 0.466 e. The molecule has 2 unspecified atom stereocenters. The van der Waals surface area contributed by atoms with Gasteiger partial charge < -0.3 is 9.47 Å². The van der Waals surface area contributed by atoms with Gasteiger partial charge in [0, 0.05) is 0 Å². The van der Waals surface area contributed by atoms with Crippen LogP contribution in [0.1, 0.15) is 54.4 Å². The van der Waals surface area contributed by atoms with Gasteiger partial charge in [0.1, 0.15) is 0 Å². The van der Waals surface area contributed by atoms with Crippen molar-refractivity contribution in [1.29, 1.82) is 0 Å². The first-order valence-corrected chi connectivity index (χ1v) is 7.90. The van der Waals surface area contributed by atoms with E-state index in [1.165, 1.54) is 6.92 Å². The molecule has 0 aliphatic carbocycles. The zero-order chi connectivity index (χ0) is 18.5. The van der Waals surface area contributed by atoms with Gasteiger partial charge >= 0.3 is 18.1 Å². The minimum absolute atomic E-state index is 0.0277. The fraction of sp³-hybridized carbons (Fsp3) is 0.875. The van der Waals surface area contributed by atoms with Gasteiger partial charge in [-0.1, -0.05) is 20.8 Å². The summed E-state index contributed by atoms with van der Waals surface area (Å²) in [6.45, 7) is 8.29. The number of carbonyl (C=O) groups excluding carboxylic acids is 2. The van der Waals surface area contributed by atoms with E-state index in [1.54, 1.807) is 20.8 Å². The molecule has 0 saturated carbocycles. The molecule has 0 saturated heterocycles. The summed E-state index contributed by atoms with van der Waals surface area (Å²) < 4.78 is 50.2. The summed E-state index contributed by atoms with van der Waals surface area (Å²) in [6, 6.07) is 0. The van der Waals surface area contributed by atoms with E-state index in [0.717, 1.165) is 13.8 Å². The lowest BCUT2D eigenvalue weighted by Crippen LogP contribution is -2.58. The molecule has 0 N–H and O–H groups in total. The molecular formula is C16H27F3O4. The predicted molar refractivity (Wildman–Crippen MR) is 79.6 cm³/mol. The number of rotatable bonds is 8. The van der Waals surface area contributed by atoms with Crippen LogP contribution in [-0.4, -0.2) is 31.3 Å². The number of carbonyl (C=O) groups is 2. The Bertz CT molecular complexity index is 416. The SMILES string of the molecule is CCOC(=O)C(CC)(CC)C(C)(C(=O)OCC)C(C)C(F)(F)F. The lowest BCUT2D eigenvalue weighted by atomic mass is 9.55. The van der Waals surface area contributed by atoms with Gasteiger partial charge in [-0.25, -0.2) is 0 Å². The number of alkyl halides is 3. The average Bonchev–Trinajstić information content (AvgIpc) is 2.47. The van der Waals surface area contributed by atoms with E-state index in [1.807, 2.05) is 0 Å². The van der Waals surface area contributed by atoms with Gasteiger partial charge in [-0.3, -0.25) is 9.59 Å². The van der Waals surface area contributed by atoms with Crippen LogP contribution in [0.3, 0.4) is 0 Å². The quantitative estimate of drug-likeness (QED) is 0.624. The van der Waals surface area contributed by atoms with Gasteiger partial charge in [0.05, 0.1) is 30.0 Å². The standard InChI is InChI=1S/C16H27F3O4/c1-7-15(8-2,13(21)23-10-4)14(6,12(20)22-9-3)11(5)16(17,18)19/h11H,7-10H2,1-6H3. The summed E-state index contributed by atoms with van der Waals surface area (Å²) in [5.41, 5.74) is -3.68. The van der Waals surface area contributed by atoms with E-state index in [0.29, 0.717) is 0 Å². The number of hydrogen-bond acceptors (Lipinski definition) is 4. The molecule has 0 aromatic carbocycles. The molecule has 0 fully saturated rings. The van der Waals surface area contributed by atoms with Crippen molar-refractivity contribution in [2.75, 3.05) is 13.2 Å². The van der Waals surface area contributed by atoms with Crippen molar-refractivity contribution in [3.63, 3.8) is 0 Å². The summed E-state index contributed by atoms with van der Waals surface area (Å²) in [4.78, 5) is 25.0. The Hall–Kier alpha value is -1.27. The van der Waals surface area contributed by atoms with E-state index in [2.05, 4.69) is 0 Å². The molecule has 0 rings (SSSR count). The highest BCUT2D eigenvalue weighted by Gasteiger charge is 2.65. The molecule has 0 aromatic heterocycles. The van der Waals surface area contributed by atoms with Gasteiger partial charge in [0.15, 0.2) is 0 Å². The average molecular weight is 340 g/mol. The first kappa shape index (κ1) is 21.7. The number of ether oxygens (including phenoxy) is 2. The molecule has 0 amide bonds. The number of esters is 2. The van der Waals surface area contributed by atoms with Crippen molar-refractivity contribution < 1.29 is 32.2 Å². The fourth-order valence-corrected chi connectivity index (χ4v) is 3.15. The first-order chi connectivity index (χ1) is 10.5. The van der Waals surface area contributed by atoms with Crippen LogP contribution in [0.15, 0.2) is 0 Å². The van der Waals surface area contributed by atoms with Crippen LogP contribution in [0.5, 0.6) is 0 Å². The van der Waals surface area contributed by atoms with Gasteiger partial charge in [-0.15, -0.1) is 0 Å². The highest BCUT2D eigenvalue weighted by Crippen LogP contribution is 2.55. The van der Waals surface area contributed by atoms with Crippen molar-refractivity contribution in [1.82, 2.24) is 0 Å². The van der Waals surface area contributed by atoms with Crippen molar-refractivity contribution in [2.24, 2.45) is 16.7 Å². The Balaban J connectivity index is 6.37. The summed E-state index contributed by atoms with van der Waals surface area (Å²) in [7, 11) is 0. The summed E-state index contributed by atoms with van der Waals surface area (Å²) >= 11 is 0. The van der Waals surface area contributed by atoms with Crippen LogP contribution in [-0.2, 0) is 19.1 Å². The second kappa shape index (κ2) is 8.02. The van der Waals surface area contributed by atoms with Gasteiger partial charge in [0.2, 0.25) is 0 Å². The summed E-state index contributed by atoms with van der Waals surface area (Å²) in [5, 5.41) is 0. The van der Waals surface area contributed by atoms with Crippen LogP contribution < -0.4 is 0 Å². The predicted octanol–water partition coefficient (Wildman–Crippen LogP) is 4.12. The normalized spacial score (nSPS) is 16.4. The molecule has 0 aliphatic rings. The lowest BCUT2D eigenvalue weighted by molar-refractivity contribution is -0.234. The van der Waals surface area contributed by atoms with E-state index >= 15 is 0 Å². The Labute approximate surface area is 135 Å². The van der Waals surface area contributed by atoms with Crippen molar-refractivity contribution >= 4 is 11.9 Å². The molecule has 0 aliphatic heterocycles. The zero-order valence-corrected chi connectivity index (χ0v) is 14.7. The van der Waals surface area contributed by atoms with E-state index in [4.69, 9.17) is 9.47 Å². The number of halogens is 3. The lowest BCUT2D eigenvalue weighted by Gasteiger charge is -2.47. The summed E-state index contributed by atoms with van der Waals surface area (Å²) in [6.07, 6.45) is -4.57. The van der Waals surface area contributed by atoms with Crippen LogP contribution in [0.4, 0.5) is 13.2 Å². The Kier molecular flexibility index (Phi) is 7.57. The van der Waals surface area contributed by atoms with Crippen molar-refractivity contribution in [3.05, 3.63) is 0 Å². The molecule has 0 spiro atoms. The minimum atomic E-state index is -4.65. The summed E-state index contributed by atoms with van der Waals surface area (Å²) in [5.74, 6) is -3.88. The molecule has 0 aromatic rings. The highest BCUT2D eigenvalue weighted by molar-refractivity contribution is 5.88. The highest BCUT2D eigenvalue weighted by atomic mass is 19.4. The molecule has 136 valence electrons. The maximum absolute atomic E-state index is 13.4. The third-order valence-corrected chi connectivity index (χ3v) is 4.92. The second-order valence-corrected chi connectivity index (χ2v) is 5.70. The van der Waals surface area contributed by atoms with Crippen LogP contribution in [0.25, 0.3) is 0 Å². The molecule has 0 radical (unpaired) electrons. The Morgan fingerprint density at radius 1 is 0.913 bits per heavy atom. The zero-order valence-electron chi connectivity index (χ0n) is 14.7. The first-order valence-electron chi connectivity index (χ1n) is 7.90. The molecule has 23 heavy (non-hydrogen) atoms. The topological polar surface area (TPSA) is 52.6 Å². The van der Waals surface area contributed by atoms with Crippen LogP contribution >= 0.6 is 0 Å². The molecule has 0 heterocycles. The Morgan fingerprint density at radius 2 is 1.30 bits per heavy atom. The monoisotopic (exact) mass is 340 g/mol. The van der Waals surface area contributed by atoms with Gasteiger partial charge in [0.25, 0.3) is 0 Å². The second-order valence-electron chi connectivity index (χ2n) is 5.70. The fourth-order valence-electron chi connectivity index (χ4n) is 3.15. The third-order valence-electron chi connectivity index (χ3n) is 4.92. The van der Waals surface area contributed by atoms with Crippen LogP contribution in [0.2, 0.25) is 0 Å². The van der Waals surface area contributed by atoms with Gasteiger partial charge in [-0.2, -0.15) is 13.2 Å². The van der Waals surface area contributed by atoms with Crippen LogP contribution in [0, 0.1) is 16.7 Å².